The van der Waals surface area contributed by atoms with Gasteiger partial charge in [0.15, 0.2) is 0 Å². The number of esters is 1. The van der Waals surface area contributed by atoms with Crippen molar-refractivity contribution >= 4 is 20.6 Å². The third-order valence-electron chi connectivity index (χ3n) is 5.03. The third-order valence-corrected chi connectivity index (χ3v) is 9.37. The number of ether oxygens (including phenoxy) is 2. The van der Waals surface area contributed by atoms with Crippen LogP contribution in [-0.2, 0) is 9.53 Å². The largest absolute Gasteiger partial charge is 0.543 e. The standard InChI is InChI=1S/C18H26O5Si/c1-11-13(21-5)10-14(23-24(6,7)18(2,3)4)16-15(11)12(8-9-19)22-17(16)20/h9-10,12H,8H2,1-7H3. The van der Waals surface area contributed by atoms with Gasteiger partial charge in [-0.3, -0.25) is 0 Å². The number of carbonyl (C=O) groups excluding carboxylic acids is 2. The molecule has 0 bridgehead atoms. The van der Waals surface area contributed by atoms with Gasteiger partial charge in [0.1, 0.15) is 29.5 Å². The highest BCUT2D eigenvalue weighted by molar-refractivity contribution is 6.74. The molecule has 24 heavy (non-hydrogen) atoms. The summed E-state index contributed by atoms with van der Waals surface area (Å²) in [6.45, 7) is 12.5. The summed E-state index contributed by atoms with van der Waals surface area (Å²) in [5.74, 6) is 0.699. The fraction of sp³-hybridized carbons (Fsp3) is 0.556. The Morgan fingerprint density at radius 2 is 1.92 bits per heavy atom. The van der Waals surface area contributed by atoms with Gasteiger partial charge in [0.05, 0.1) is 7.11 Å². The Kier molecular flexibility index (Phi) is 4.81. The van der Waals surface area contributed by atoms with Crippen LogP contribution in [0.15, 0.2) is 6.07 Å². The number of rotatable bonds is 5. The van der Waals surface area contributed by atoms with E-state index in [2.05, 4.69) is 33.9 Å². The average Bonchev–Trinajstić information content (AvgIpc) is 2.78. The topological polar surface area (TPSA) is 61.8 Å². The van der Waals surface area contributed by atoms with Gasteiger partial charge in [0.25, 0.3) is 8.32 Å². The molecule has 0 radical (unpaired) electrons. The first-order chi connectivity index (χ1) is 11.0. The summed E-state index contributed by atoms with van der Waals surface area (Å²) in [5.41, 5.74) is 1.96. The van der Waals surface area contributed by atoms with Crippen LogP contribution in [0.2, 0.25) is 18.1 Å². The van der Waals surface area contributed by atoms with Crippen LogP contribution in [0.5, 0.6) is 11.5 Å². The van der Waals surface area contributed by atoms with Gasteiger partial charge in [-0.1, -0.05) is 20.8 Å². The molecule has 6 heteroatoms. The number of fused-ring (bicyclic) bond motifs is 1. The molecule has 132 valence electrons. The van der Waals surface area contributed by atoms with Gasteiger partial charge in [0, 0.05) is 18.1 Å². The van der Waals surface area contributed by atoms with Gasteiger partial charge in [-0.2, -0.15) is 0 Å². The molecule has 0 spiro atoms. The molecule has 0 fully saturated rings. The Labute approximate surface area is 144 Å². The summed E-state index contributed by atoms with van der Waals surface area (Å²) >= 11 is 0. The lowest BCUT2D eigenvalue weighted by molar-refractivity contribution is -0.109. The van der Waals surface area contributed by atoms with Crippen molar-refractivity contribution in [1.82, 2.24) is 0 Å². The van der Waals surface area contributed by atoms with E-state index in [1.54, 1.807) is 13.2 Å². The van der Waals surface area contributed by atoms with E-state index in [1.807, 2.05) is 6.92 Å². The van der Waals surface area contributed by atoms with Crippen LogP contribution >= 0.6 is 0 Å². The van der Waals surface area contributed by atoms with Crippen LogP contribution in [0.3, 0.4) is 0 Å². The fourth-order valence-corrected chi connectivity index (χ4v) is 3.60. The van der Waals surface area contributed by atoms with E-state index in [-0.39, 0.29) is 11.5 Å². The van der Waals surface area contributed by atoms with E-state index in [1.165, 1.54) is 0 Å². The molecule has 1 aromatic carbocycles. The zero-order valence-corrected chi connectivity index (χ0v) is 16.5. The summed E-state index contributed by atoms with van der Waals surface area (Å²) in [4.78, 5) is 23.4. The minimum absolute atomic E-state index is 0.0112. The van der Waals surface area contributed by atoms with E-state index < -0.39 is 20.4 Å². The lowest BCUT2D eigenvalue weighted by atomic mass is 9.96. The SMILES string of the molecule is COc1cc(O[Si](C)(C)C(C)(C)C)c2c(c1C)C(CC=O)OC2=O. The normalized spacial score (nSPS) is 17.3. The Morgan fingerprint density at radius 1 is 1.29 bits per heavy atom. The maximum atomic E-state index is 12.4. The second kappa shape index (κ2) is 6.24. The Bertz CT molecular complexity index is 673. The number of carbonyl (C=O) groups is 2. The molecule has 1 heterocycles. The molecule has 5 nitrogen and oxygen atoms in total. The summed E-state index contributed by atoms with van der Waals surface area (Å²) in [7, 11) is -0.564. The van der Waals surface area contributed by atoms with Gasteiger partial charge in [-0.25, -0.2) is 4.79 Å². The van der Waals surface area contributed by atoms with E-state index >= 15 is 0 Å². The van der Waals surface area contributed by atoms with Gasteiger partial charge in [-0.15, -0.1) is 0 Å². The molecule has 1 unspecified atom stereocenters. The van der Waals surface area contributed by atoms with E-state index in [0.29, 0.717) is 22.6 Å². The van der Waals surface area contributed by atoms with Crippen molar-refractivity contribution in [3.8, 4) is 11.5 Å². The number of methoxy groups -OCH3 is 1. The number of benzene rings is 1. The van der Waals surface area contributed by atoms with Crippen LogP contribution < -0.4 is 9.16 Å². The summed E-state index contributed by atoms with van der Waals surface area (Å²) < 4.78 is 17.2. The van der Waals surface area contributed by atoms with Crippen molar-refractivity contribution < 1.29 is 23.5 Å². The molecular weight excluding hydrogens is 324 g/mol. The molecular formula is C18H26O5Si. The molecule has 1 atom stereocenters. The molecule has 0 saturated carbocycles. The van der Waals surface area contributed by atoms with E-state index in [4.69, 9.17) is 13.9 Å². The Hall–Kier alpha value is -1.82. The predicted octanol–water partition coefficient (Wildman–Crippen LogP) is 4.19. The van der Waals surface area contributed by atoms with Crippen LogP contribution in [-0.4, -0.2) is 27.7 Å². The summed E-state index contributed by atoms with van der Waals surface area (Å²) in [6.07, 6.45) is 0.328. The molecule has 2 rings (SSSR count). The molecule has 0 aromatic heterocycles. The zero-order chi connectivity index (χ0) is 18.3. The highest BCUT2D eigenvalue weighted by Crippen LogP contribution is 2.46. The number of hydrogen-bond donors (Lipinski definition) is 0. The van der Waals surface area contributed by atoms with E-state index in [9.17, 15) is 9.59 Å². The molecule has 0 saturated heterocycles. The van der Waals surface area contributed by atoms with Crippen molar-refractivity contribution in [2.75, 3.05) is 7.11 Å². The van der Waals surface area contributed by atoms with Crippen molar-refractivity contribution in [3.05, 3.63) is 22.8 Å². The number of aldehydes is 1. The molecule has 0 N–H and O–H groups in total. The van der Waals surface area contributed by atoms with Gasteiger partial charge >= 0.3 is 5.97 Å². The Balaban J connectivity index is 2.62. The third kappa shape index (κ3) is 3.07. The smallest absolute Gasteiger partial charge is 0.342 e. The van der Waals surface area contributed by atoms with Crippen molar-refractivity contribution in [2.45, 2.75) is 58.4 Å². The molecule has 1 aromatic rings. The lowest BCUT2D eigenvalue weighted by Crippen LogP contribution is -2.44. The monoisotopic (exact) mass is 350 g/mol. The molecule has 1 aliphatic heterocycles. The van der Waals surface area contributed by atoms with Crippen LogP contribution in [0.4, 0.5) is 0 Å². The number of hydrogen-bond acceptors (Lipinski definition) is 5. The quantitative estimate of drug-likeness (QED) is 0.453. The van der Waals surface area contributed by atoms with Crippen molar-refractivity contribution in [2.24, 2.45) is 0 Å². The van der Waals surface area contributed by atoms with Gasteiger partial charge < -0.3 is 18.7 Å². The van der Waals surface area contributed by atoms with Gasteiger partial charge in [-0.05, 0) is 30.6 Å². The van der Waals surface area contributed by atoms with Crippen LogP contribution in [0.1, 0.15) is 54.8 Å². The fourth-order valence-electron chi connectivity index (χ4n) is 2.59. The number of cyclic esters (lactones) is 1. The minimum atomic E-state index is -2.14. The maximum Gasteiger partial charge on any atom is 0.342 e. The summed E-state index contributed by atoms with van der Waals surface area (Å²) in [5, 5.41) is -0.0112. The first-order valence-corrected chi connectivity index (χ1v) is 11.0. The minimum Gasteiger partial charge on any atom is -0.543 e. The van der Waals surface area contributed by atoms with Crippen LogP contribution in [0, 0.1) is 6.92 Å². The second-order valence-corrected chi connectivity index (χ2v) is 12.4. The lowest BCUT2D eigenvalue weighted by Gasteiger charge is -2.37. The second-order valence-electron chi connectivity index (χ2n) is 7.65. The first-order valence-electron chi connectivity index (χ1n) is 8.08. The predicted molar refractivity (Wildman–Crippen MR) is 94.4 cm³/mol. The maximum absolute atomic E-state index is 12.4. The van der Waals surface area contributed by atoms with E-state index in [0.717, 1.165) is 11.8 Å². The van der Waals surface area contributed by atoms with Crippen LogP contribution in [0.25, 0.3) is 0 Å². The highest BCUT2D eigenvalue weighted by Gasteiger charge is 2.42. The first kappa shape index (κ1) is 18.5. The van der Waals surface area contributed by atoms with Gasteiger partial charge in [0.2, 0.25) is 0 Å². The van der Waals surface area contributed by atoms with Crippen molar-refractivity contribution in [3.63, 3.8) is 0 Å². The molecule has 1 aliphatic rings. The zero-order valence-electron chi connectivity index (χ0n) is 15.5. The Morgan fingerprint density at radius 3 is 2.42 bits per heavy atom. The highest BCUT2D eigenvalue weighted by atomic mass is 28.4. The van der Waals surface area contributed by atoms with Crippen molar-refractivity contribution in [1.29, 1.82) is 0 Å². The molecule has 0 aliphatic carbocycles. The average molecular weight is 350 g/mol. The molecule has 0 amide bonds. The summed E-state index contributed by atoms with van der Waals surface area (Å²) in [6, 6.07) is 1.76.